The summed E-state index contributed by atoms with van der Waals surface area (Å²) < 4.78 is 5.19. The molecule has 0 radical (unpaired) electrons. The standard InChI is InChI=1S/C21H30N2O3/c1-3-26-21(25)19-11-6-7-14-23(19)20(24)15-22-13-8-12-18(22)17-10-5-4-9-16(17)2/h4-5,9-10,18-19H,3,6-8,11-15H2,1-2H3. The van der Waals surface area contributed by atoms with Gasteiger partial charge in [0, 0.05) is 12.6 Å². The Bertz CT molecular complexity index is 646. The summed E-state index contributed by atoms with van der Waals surface area (Å²) in [5.41, 5.74) is 2.60. The quantitative estimate of drug-likeness (QED) is 0.759. The molecule has 2 heterocycles. The highest BCUT2D eigenvalue weighted by Crippen LogP contribution is 2.33. The molecule has 142 valence electrons. The molecule has 2 fully saturated rings. The average molecular weight is 358 g/mol. The Hall–Kier alpha value is -1.88. The molecule has 2 aliphatic rings. The molecule has 2 atom stereocenters. The number of esters is 1. The molecule has 26 heavy (non-hydrogen) atoms. The van der Waals surface area contributed by atoms with E-state index in [1.165, 1.54) is 11.1 Å². The highest BCUT2D eigenvalue weighted by atomic mass is 16.5. The molecule has 0 bridgehead atoms. The molecule has 1 aromatic carbocycles. The minimum Gasteiger partial charge on any atom is -0.464 e. The first-order valence-electron chi connectivity index (χ1n) is 9.87. The van der Waals surface area contributed by atoms with Gasteiger partial charge in [0.15, 0.2) is 0 Å². The lowest BCUT2D eigenvalue weighted by molar-refractivity contribution is -0.157. The molecule has 0 N–H and O–H groups in total. The number of carbonyl (C=O) groups is 2. The summed E-state index contributed by atoms with van der Waals surface area (Å²) in [5, 5.41) is 0. The Kier molecular flexibility index (Phi) is 6.30. The van der Waals surface area contributed by atoms with Crippen LogP contribution in [0.4, 0.5) is 0 Å². The lowest BCUT2D eigenvalue weighted by atomic mass is 9.99. The highest BCUT2D eigenvalue weighted by Gasteiger charge is 2.35. The van der Waals surface area contributed by atoms with Crippen LogP contribution in [0.3, 0.4) is 0 Å². The Labute approximate surface area is 156 Å². The van der Waals surface area contributed by atoms with E-state index in [1.807, 2.05) is 6.92 Å². The lowest BCUT2D eigenvalue weighted by Gasteiger charge is -2.36. The predicted octanol–water partition coefficient (Wildman–Crippen LogP) is 3.08. The van der Waals surface area contributed by atoms with Gasteiger partial charge in [-0.15, -0.1) is 0 Å². The SMILES string of the molecule is CCOC(=O)C1CCCCN1C(=O)CN1CCCC1c1ccccc1C. The Morgan fingerprint density at radius 3 is 2.69 bits per heavy atom. The number of amides is 1. The lowest BCUT2D eigenvalue weighted by Crippen LogP contribution is -2.51. The number of likely N-dealkylation sites (tertiary alicyclic amines) is 2. The van der Waals surface area contributed by atoms with Gasteiger partial charge in [0.25, 0.3) is 0 Å². The van der Waals surface area contributed by atoms with Gasteiger partial charge in [0.1, 0.15) is 6.04 Å². The second-order valence-corrected chi connectivity index (χ2v) is 7.34. The van der Waals surface area contributed by atoms with Crippen molar-refractivity contribution in [2.75, 3.05) is 26.2 Å². The van der Waals surface area contributed by atoms with Gasteiger partial charge in [0.05, 0.1) is 13.2 Å². The molecule has 2 saturated heterocycles. The van der Waals surface area contributed by atoms with Gasteiger partial charge >= 0.3 is 5.97 Å². The summed E-state index contributed by atoms with van der Waals surface area (Å²) in [6, 6.07) is 8.32. The molecule has 1 aromatic rings. The number of benzene rings is 1. The smallest absolute Gasteiger partial charge is 0.328 e. The van der Waals surface area contributed by atoms with Crippen LogP contribution >= 0.6 is 0 Å². The molecule has 1 amide bonds. The van der Waals surface area contributed by atoms with Crippen molar-refractivity contribution in [2.45, 2.75) is 58.0 Å². The van der Waals surface area contributed by atoms with Crippen molar-refractivity contribution < 1.29 is 14.3 Å². The van der Waals surface area contributed by atoms with E-state index >= 15 is 0 Å². The molecule has 5 nitrogen and oxygen atoms in total. The van der Waals surface area contributed by atoms with E-state index in [4.69, 9.17) is 4.74 Å². The summed E-state index contributed by atoms with van der Waals surface area (Å²) in [6.45, 7) is 6.28. The minimum atomic E-state index is -0.407. The van der Waals surface area contributed by atoms with E-state index < -0.39 is 6.04 Å². The van der Waals surface area contributed by atoms with Crippen molar-refractivity contribution in [1.29, 1.82) is 0 Å². The Morgan fingerprint density at radius 2 is 1.92 bits per heavy atom. The molecule has 3 rings (SSSR count). The van der Waals surface area contributed by atoms with Gasteiger partial charge in [-0.05, 0) is 63.6 Å². The van der Waals surface area contributed by atoms with Crippen molar-refractivity contribution in [3.8, 4) is 0 Å². The number of nitrogens with zero attached hydrogens (tertiary/aromatic N) is 2. The number of rotatable bonds is 5. The summed E-state index contributed by atoms with van der Waals surface area (Å²) in [5.74, 6) is -0.194. The van der Waals surface area contributed by atoms with Gasteiger partial charge in [-0.25, -0.2) is 4.79 Å². The molecular weight excluding hydrogens is 328 g/mol. The molecule has 0 aromatic heterocycles. The van der Waals surface area contributed by atoms with E-state index in [1.54, 1.807) is 4.90 Å². The minimum absolute atomic E-state index is 0.0586. The third kappa shape index (κ3) is 4.09. The van der Waals surface area contributed by atoms with Crippen LogP contribution in [-0.2, 0) is 14.3 Å². The van der Waals surface area contributed by atoms with Crippen LogP contribution in [0.2, 0.25) is 0 Å². The summed E-state index contributed by atoms with van der Waals surface area (Å²) in [7, 11) is 0. The third-order valence-electron chi connectivity index (χ3n) is 5.63. The first-order chi connectivity index (χ1) is 12.6. The average Bonchev–Trinajstić information content (AvgIpc) is 3.10. The Balaban J connectivity index is 1.69. The van der Waals surface area contributed by atoms with Crippen LogP contribution in [0.5, 0.6) is 0 Å². The summed E-state index contributed by atoms with van der Waals surface area (Å²) >= 11 is 0. The Morgan fingerprint density at radius 1 is 1.12 bits per heavy atom. The van der Waals surface area contributed by atoms with Crippen molar-refractivity contribution >= 4 is 11.9 Å². The van der Waals surface area contributed by atoms with Crippen LogP contribution in [-0.4, -0.2) is 54.0 Å². The van der Waals surface area contributed by atoms with Crippen molar-refractivity contribution in [3.05, 3.63) is 35.4 Å². The van der Waals surface area contributed by atoms with Gasteiger partial charge in [-0.2, -0.15) is 0 Å². The zero-order valence-corrected chi connectivity index (χ0v) is 15.9. The second kappa shape index (κ2) is 8.67. The largest absolute Gasteiger partial charge is 0.464 e. The number of ether oxygens (including phenoxy) is 1. The van der Waals surface area contributed by atoms with E-state index in [0.29, 0.717) is 32.2 Å². The molecular formula is C21H30N2O3. The molecule has 2 unspecified atom stereocenters. The third-order valence-corrected chi connectivity index (χ3v) is 5.63. The van der Waals surface area contributed by atoms with Crippen LogP contribution in [0.25, 0.3) is 0 Å². The molecule has 0 aliphatic carbocycles. The zero-order valence-electron chi connectivity index (χ0n) is 15.9. The van der Waals surface area contributed by atoms with Crippen molar-refractivity contribution in [3.63, 3.8) is 0 Å². The van der Waals surface area contributed by atoms with Gasteiger partial charge in [-0.1, -0.05) is 24.3 Å². The molecule has 0 spiro atoms. The predicted molar refractivity (Wildman–Crippen MR) is 101 cm³/mol. The summed E-state index contributed by atoms with van der Waals surface area (Å²) in [6.07, 6.45) is 4.84. The van der Waals surface area contributed by atoms with Crippen LogP contribution in [0.1, 0.15) is 56.2 Å². The van der Waals surface area contributed by atoms with E-state index in [0.717, 1.165) is 32.2 Å². The number of carbonyl (C=O) groups excluding carboxylic acids is 2. The first kappa shape index (κ1) is 18.9. The zero-order chi connectivity index (χ0) is 18.5. The maximum atomic E-state index is 13.0. The van der Waals surface area contributed by atoms with Gasteiger partial charge in [0.2, 0.25) is 5.91 Å². The number of aryl methyl sites for hydroxylation is 1. The van der Waals surface area contributed by atoms with Crippen LogP contribution < -0.4 is 0 Å². The number of hydrogen-bond donors (Lipinski definition) is 0. The van der Waals surface area contributed by atoms with E-state index in [9.17, 15) is 9.59 Å². The normalized spacial score (nSPS) is 23.8. The molecule has 2 aliphatic heterocycles. The van der Waals surface area contributed by atoms with Crippen LogP contribution in [0.15, 0.2) is 24.3 Å². The fourth-order valence-electron chi connectivity index (χ4n) is 4.31. The second-order valence-electron chi connectivity index (χ2n) is 7.34. The van der Waals surface area contributed by atoms with E-state index in [2.05, 4.69) is 36.1 Å². The van der Waals surface area contributed by atoms with Gasteiger partial charge in [-0.3, -0.25) is 9.69 Å². The van der Waals surface area contributed by atoms with Crippen molar-refractivity contribution in [2.24, 2.45) is 0 Å². The monoisotopic (exact) mass is 358 g/mol. The maximum absolute atomic E-state index is 13.0. The highest BCUT2D eigenvalue weighted by molar-refractivity contribution is 5.86. The summed E-state index contributed by atoms with van der Waals surface area (Å²) in [4.78, 5) is 29.3. The van der Waals surface area contributed by atoms with Crippen molar-refractivity contribution in [1.82, 2.24) is 9.80 Å². The van der Waals surface area contributed by atoms with Gasteiger partial charge < -0.3 is 9.64 Å². The maximum Gasteiger partial charge on any atom is 0.328 e. The first-order valence-corrected chi connectivity index (χ1v) is 9.87. The fraction of sp³-hybridized carbons (Fsp3) is 0.619. The molecule has 0 saturated carbocycles. The number of piperidine rings is 1. The fourth-order valence-corrected chi connectivity index (χ4v) is 4.31. The van der Waals surface area contributed by atoms with E-state index in [-0.39, 0.29) is 11.9 Å². The molecule has 5 heteroatoms. The topological polar surface area (TPSA) is 49.9 Å². The number of hydrogen-bond acceptors (Lipinski definition) is 4. The van der Waals surface area contributed by atoms with Crippen LogP contribution in [0, 0.1) is 6.92 Å².